The molecule has 0 saturated carbocycles. The topological polar surface area (TPSA) is 89.7 Å². The second-order valence-electron chi connectivity index (χ2n) is 3.47. The van der Waals surface area contributed by atoms with Gasteiger partial charge in [-0.15, -0.1) is 11.3 Å². The van der Waals surface area contributed by atoms with Crippen LogP contribution >= 0.6 is 33.9 Å². The van der Waals surface area contributed by atoms with Crippen molar-refractivity contribution in [3.05, 3.63) is 26.2 Å². The normalized spacial score (nSPS) is 10.9. The Labute approximate surface area is 120 Å². The number of halogens is 1. The second-order valence-corrected chi connectivity index (χ2v) is 5.63. The minimum Gasteiger partial charge on any atom is -0.470 e. The zero-order valence-corrected chi connectivity index (χ0v) is 12.0. The van der Waals surface area contributed by atoms with Crippen LogP contribution < -0.4 is 10.5 Å². The highest BCUT2D eigenvalue weighted by Crippen LogP contribution is 2.24. The molecule has 0 radical (unpaired) electrons. The molecule has 0 fully saturated rings. The van der Waals surface area contributed by atoms with Gasteiger partial charge in [-0.3, -0.25) is 0 Å². The zero-order chi connectivity index (χ0) is 12.5. The van der Waals surface area contributed by atoms with Crippen molar-refractivity contribution in [1.82, 2.24) is 19.9 Å². The van der Waals surface area contributed by atoms with Crippen LogP contribution in [-0.4, -0.2) is 19.9 Å². The van der Waals surface area contributed by atoms with Gasteiger partial charge < -0.3 is 15.5 Å². The first kappa shape index (κ1) is 11.7. The summed E-state index contributed by atoms with van der Waals surface area (Å²) in [4.78, 5) is 16.2. The smallest absolute Gasteiger partial charge is 0.245 e. The van der Waals surface area contributed by atoms with Crippen molar-refractivity contribution >= 4 is 51.0 Å². The zero-order valence-electron chi connectivity index (χ0n) is 9.05. The lowest BCUT2D eigenvalue weighted by molar-refractivity contribution is 0.300. The van der Waals surface area contributed by atoms with E-state index < -0.39 is 0 Å². The van der Waals surface area contributed by atoms with Crippen molar-refractivity contribution in [2.75, 3.05) is 5.73 Å². The van der Waals surface area contributed by atoms with Crippen molar-refractivity contribution in [2.45, 2.75) is 6.61 Å². The van der Waals surface area contributed by atoms with Gasteiger partial charge in [0, 0.05) is 3.57 Å². The molecule has 0 aliphatic carbocycles. The molecule has 0 aromatic carbocycles. The molecule has 6 nitrogen and oxygen atoms in total. The van der Waals surface area contributed by atoms with E-state index in [2.05, 4.69) is 42.5 Å². The number of nitrogens with two attached hydrogens (primary N) is 1. The first-order chi connectivity index (χ1) is 8.74. The largest absolute Gasteiger partial charge is 0.470 e. The Morgan fingerprint density at radius 2 is 2.33 bits per heavy atom. The molecule has 3 rings (SSSR count). The van der Waals surface area contributed by atoms with Crippen LogP contribution in [-0.2, 0) is 6.61 Å². The molecule has 92 valence electrons. The van der Waals surface area contributed by atoms with Crippen LogP contribution in [0.2, 0.25) is 0 Å². The van der Waals surface area contributed by atoms with E-state index >= 15 is 0 Å². The summed E-state index contributed by atoms with van der Waals surface area (Å²) < 4.78 is 6.87. The maximum Gasteiger partial charge on any atom is 0.245 e. The van der Waals surface area contributed by atoms with Gasteiger partial charge in [-0.25, -0.2) is 4.98 Å². The van der Waals surface area contributed by atoms with Crippen LogP contribution in [0.3, 0.4) is 0 Å². The monoisotopic (exact) mass is 373 g/mol. The summed E-state index contributed by atoms with van der Waals surface area (Å²) in [5.74, 6) is 0.588. The van der Waals surface area contributed by atoms with E-state index in [1.165, 1.54) is 3.57 Å². The molecule has 0 amide bonds. The Bertz CT molecular complexity index is 694. The summed E-state index contributed by atoms with van der Waals surface area (Å²) in [6, 6.07) is 2.05. The summed E-state index contributed by atoms with van der Waals surface area (Å²) in [6.07, 6.45) is 1.54. The maximum absolute atomic E-state index is 5.69. The minimum absolute atomic E-state index is 0.158. The molecule has 3 heterocycles. The van der Waals surface area contributed by atoms with Gasteiger partial charge in [0.05, 0.1) is 11.2 Å². The molecule has 0 aliphatic heterocycles. The number of ether oxygens (including phenoxy) is 1. The number of nitrogens with one attached hydrogen (secondary N) is 1. The number of hydrogen-bond donors (Lipinski definition) is 2. The van der Waals surface area contributed by atoms with Gasteiger partial charge in [0.25, 0.3) is 0 Å². The lowest BCUT2D eigenvalue weighted by Crippen LogP contribution is -2.02. The molecular formula is C10H8IN5OS. The fourth-order valence-corrected chi connectivity index (χ4v) is 3.13. The number of aromatic nitrogens is 4. The number of anilines is 1. The number of fused-ring (bicyclic) bond motifs is 1. The molecule has 0 unspecified atom stereocenters. The van der Waals surface area contributed by atoms with Gasteiger partial charge in [0.1, 0.15) is 12.1 Å². The van der Waals surface area contributed by atoms with Gasteiger partial charge in [0.2, 0.25) is 11.8 Å². The molecule has 8 heteroatoms. The van der Waals surface area contributed by atoms with Gasteiger partial charge in [-0.05, 0) is 34.0 Å². The van der Waals surface area contributed by atoms with E-state index in [4.69, 9.17) is 10.5 Å². The van der Waals surface area contributed by atoms with E-state index in [1.807, 2.05) is 11.4 Å². The molecule has 0 atom stereocenters. The highest BCUT2D eigenvalue weighted by Gasteiger charge is 2.11. The third-order valence-corrected chi connectivity index (χ3v) is 4.57. The number of thiophene rings is 1. The van der Waals surface area contributed by atoms with Crippen molar-refractivity contribution < 1.29 is 4.74 Å². The SMILES string of the molecule is Nc1nc(OCc2sccc2I)c2[nH]cnc2n1. The van der Waals surface area contributed by atoms with Gasteiger partial charge in [-0.2, -0.15) is 9.97 Å². The third kappa shape index (κ3) is 2.12. The first-order valence-electron chi connectivity index (χ1n) is 5.05. The maximum atomic E-state index is 5.69. The first-order valence-corrected chi connectivity index (χ1v) is 7.01. The number of nitrogen functional groups attached to an aromatic ring is 1. The average Bonchev–Trinajstić information content (AvgIpc) is 2.94. The predicted molar refractivity (Wildman–Crippen MR) is 77.5 cm³/mol. The molecule has 3 aromatic rings. The molecule has 0 spiro atoms. The molecule has 0 aliphatic rings. The van der Waals surface area contributed by atoms with Crippen molar-refractivity contribution in [2.24, 2.45) is 0 Å². The van der Waals surface area contributed by atoms with E-state index in [0.29, 0.717) is 23.7 Å². The van der Waals surface area contributed by atoms with Crippen LogP contribution in [0.5, 0.6) is 5.88 Å². The summed E-state index contributed by atoms with van der Waals surface area (Å²) in [5.41, 5.74) is 6.78. The summed E-state index contributed by atoms with van der Waals surface area (Å²) in [5, 5.41) is 2.03. The summed E-state index contributed by atoms with van der Waals surface area (Å²) >= 11 is 3.92. The van der Waals surface area contributed by atoms with Gasteiger partial charge >= 0.3 is 0 Å². The molecule has 0 bridgehead atoms. The standard InChI is InChI=1S/C10H8IN5OS/c11-5-1-2-18-6(5)3-17-9-7-8(14-4-13-7)15-10(12)16-9/h1-2,4H,3H2,(H3,12,13,14,15,16). The fraction of sp³-hybridized carbons (Fsp3) is 0.100. The molecule has 18 heavy (non-hydrogen) atoms. The third-order valence-electron chi connectivity index (χ3n) is 2.30. The van der Waals surface area contributed by atoms with E-state index in [-0.39, 0.29) is 5.95 Å². The van der Waals surface area contributed by atoms with Gasteiger partial charge in [-0.1, -0.05) is 0 Å². The van der Waals surface area contributed by atoms with Crippen LogP contribution in [0.25, 0.3) is 11.2 Å². The minimum atomic E-state index is 0.158. The Kier molecular flexibility index (Phi) is 3.04. The fourth-order valence-electron chi connectivity index (χ4n) is 1.49. The number of aromatic amines is 1. The number of rotatable bonds is 3. The lowest BCUT2D eigenvalue weighted by Gasteiger charge is -2.05. The Morgan fingerprint density at radius 3 is 3.11 bits per heavy atom. The number of imidazole rings is 1. The Hall–Kier alpha value is -1.42. The Balaban J connectivity index is 1.90. The highest BCUT2D eigenvalue weighted by molar-refractivity contribution is 14.1. The number of hydrogen-bond acceptors (Lipinski definition) is 6. The van der Waals surface area contributed by atoms with Crippen molar-refractivity contribution in [1.29, 1.82) is 0 Å². The van der Waals surface area contributed by atoms with Crippen LogP contribution in [0.4, 0.5) is 5.95 Å². The van der Waals surface area contributed by atoms with E-state index in [9.17, 15) is 0 Å². The van der Waals surface area contributed by atoms with E-state index in [1.54, 1.807) is 17.7 Å². The summed E-state index contributed by atoms with van der Waals surface area (Å²) in [7, 11) is 0. The summed E-state index contributed by atoms with van der Waals surface area (Å²) in [6.45, 7) is 0.459. The molecular weight excluding hydrogens is 365 g/mol. The number of nitrogens with zero attached hydrogens (tertiary/aromatic N) is 3. The lowest BCUT2D eigenvalue weighted by atomic mass is 10.5. The predicted octanol–water partition coefficient (Wildman–Crippen LogP) is 2.18. The molecule has 0 saturated heterocycles. The second kappa shape index (κ2) is 4.69. The van der Waals surface area contributed by atoms with Crippen molar-refractivity contribution in [3.63, 3.8) is 0 Å². The Morgan fingerprint density at radius 1 is 1.44 bits per heavy atom. The van der Waals surface area contributed by atoms with Gasteiger partial charge in [0.15, 0.2) is 5.65 Å². The average molecular weight is 373 g/mol. The number of H-pyrrole nitrogens is 1. The van der Waals surface area contributed by atoms with Crippen LogP contribution in [0.1, 0.15) is 4.88 Å². The molecule has 3 aromatic heterocycles. The van der Waals surface area contributed by atoms with Crippen LogP contribution in [0, 0.1) is 3.57 Å². The van der Waals surface area contributed by atoms with Crippen LogP contribution in [0.15, 0.2) is 17.8 Å². The highest BCUT2D eigenvalue weighted by atomic mass is 127. The van der Waals surface area contributed by atoms with E-state index in [0.717, 1.165) is 4.88 Å². The van der Waals surface area contributed by atoms with Crippen molar-refractivity contribution in [3.8, 4) is 5.88 Å². The quantitative estimate of drug-likeness (QED) is 0.687. The molecule has 3 N–H and O–H groups in total.